The average Bonchev–Trinajstić information content (AvgIpc) is 2.38. The fourth-order valence-electron chi connectivity index (χ4n) is 1.33. The van der Waals surface area contributed by atoms with Crippen molar-refractivity contribution in [2.45, 2.75) is 6.42 Å². The summed E-state index contributed by atoms with van der Waals surface area (Å²) in [5.74, 6) is 0.0634. The molecule has 1 heterocycles. The lowest BCUT2D eigenvalue weighted by Crippen LogP contribution is -2.30. The third-order valence-corrected chi connectivity index (χ3v) is 3.62. The van der Waals surface area contributed by atoms with E-state index in [1.165, 1.54) is 0 Å². The first-order valence-electron chi connectivity index (χ1n) is 5.78. The van der Waals surface area contributed by atoms with Gasteiger partial charge < -0.3 is 10.5 Å². The predicted molar refractivity (Wildman–Crippen MR) is 69.6 cm³/mol. The Labute approximate surface area is 108 Å². The van der Waals surface area contributed by atoms with Gasteiger partial charge in [-0.3, -0.25) is 4.98 Å². The molecule has 1 aromatic rings. The maximum absolute atomic E-state index is 11.6. The van der Waals surface area contributed by atoms with E-state index in [2.05, 4.69) is 9.71 Å². The van der Waals surface area contributed by atoms with Gasteiger partial charge in [-0.25, -0.2) is 13.1 Å². The molecular weight excluding hydrogens is 254 g/mol. The standard InChI is InChI=1S/C11H19N3O3S/c12-4-8-17-9-7-14-18(15,16)10-3-11-1-5-13-6-2-11/h1-2,5-6,14H,3-4,7-10,12H2. The second-order valence-electron chi connectivity index (χ2n) is 3.72. The van der Waals surface area contributed by atoms with Gasteiger partial charge in [-0.15, -0.1) is 0 Å². The lowest BCUT2D eigenvalue weighted by atomic mass is 10.2. The summed E-state index contributed by atoms with van der Waals surface area (Å²) in [7, 11) is -3.25. The van der Waals surface area contributed by atoms with Gasteiger partial charge in [-0.05, 0) is 24.1 Å². The highest BCUT2D eigenvalue weighted by molar-refractivity contribution is 7.89. The number of nitrogens with zero attached hydrogens (tertiary/aromatic N) is 1. The molecule has 0 bridgehead atoms. The molecule has 7 heteroatoms. The van der Waals surface area contributed by atoms with Crippen molar-refractivity contribution in [1.29, 1.82) is 0 Å². The van der Waals surface area contributed by atoms with Crippen molar-refractivity contribution in [2.75, 3.05) is 32.1 Å². The van der Waals surface area contributed by atoms with Crippen LogP contribution in [0.3, 0.4) is 0 Å². The molecule has 0 aliphatic heterocycles. The van der Waals surface area contributed by atoms with Gasteiger partial charge >= 0.3 is 0 Å². The van der Waals surface area contributed by atoms with Gasteiger partial charge in [-0.1, -0.05) is 0 Å². The topological polar surface area (TPSA) is 94.3 Å². The zero-order valence-electron chi connectivity index (χ0n) is 10.2. The summed E-state index contributed by atoms with van der Waals surface area (Å²) >= 11 is 0. The van der Waals surface area contributed by atoms with E-state index in [1.807, 2.05) is 0 Å². The van der Waals surface area contributed by atoms with Crippen molar-refractivity contribution in [3.63, 3.8) is 0 Å². The smallest absolute Gasteiger partial charge is 0.211 e. The van der Waals surface area contributed by atoms with Crippen LogP contribution in [0.2, 0.25) is 0 Å². The van der Waals surface area contributed by atoms with E-state index in [0.717, 1.165) is 5.56 Å². The molecule has 0 aromatic carbocycles. The molecule has 1 rings (SSSR count). The van der Waals surface area contributed by atoms with Crippen LogP contribution in [0.25, 0.3) is 0 Å². The Bertz CT molecular complexity index is 422. The Morgan fingerprint density at radius 1 is 1.28 bits per heavy atom. The number of aromatic nitrogens is 1. The molecule has 0 amide bonds. The molecule has 3 N–H and O–H groups in total. The number of sulfonamides is 1. The molecule has 0 radical (unpaired) electrons. The fraction of sp³-hybridized carbons (Fsp3) is 0.545. The highest BCUT2D eigenvalue weighted by Gasteiger charge is 2.09. The zero-order valence-corrected chi connectivity index (χ0v) is 11.0. The highest BCUT2D eigenvalue weighted by atomic mass is 32.2. The quantitative estimate of drug-likeness (QED) is 0.593. The van der Waals surface area contributed by atoms with Crippen molar-refractivity contribution < 1.29 is 13.2 Å². The summed E-state index contributed by atoms with van der Waals surface area (Å²) in [4.78, 5) is 3.88. The van der Waals surface area contributed by atoms with Gasteiger partial charge in [-0.2, -0.15) is 0 Å². The van der Waals surface area contributed by atoms with Crippen LogP contribution < -0.4 is 10.5 Å². The predicted octanol–water partition coefficient (Wildman–Crippen LogP) is -0.481. The SMILES string of the molecule is NCCOCCNS(=O)(=O)CCc1ccncc1. The third-order valence-electron chi connectivity index (χ3n) is 2.24. The molecule has 6 nitrogen and oxygen atoms in total. The van der Waals surface area contributed by atoms with Gasteiger partial charge in [0.05, 0.1) is 19.0 Å². The van der Waals surface area contributed by atoms with Crippen LogP contribution in [0.4, 0.5) is 0 Å². The number of aryl methyl sites for hydroxylation is 1. The van der Waals surface area contributed by atoms with Gasteiger partial charge in [0.1, 0.15) is 0 Å². The summed E-state index contributed by atoms with van der Waals surface area (Å²) in [5, 5.41) is 0. The second-order valence-corrected chi connectivity index (χ2v) is 5.65. The minimum Gasteiger partial charge on any atom is -0.379 e. The maximum atomic E-state index is 11.6. The fourth-order valence-corrected chi connectivity index (χ4v) is 2.37. The van der Waals surface area contributed by atoms with Crippen LogP contribution in [0.1, 0.15) is 5.56 Å². The highest BCUT2D eigenvalue weighted by Crippen LogP contribution is 1.99. The van der Waals surface area contributed by atoms with Crippen LogP contribution in [-0.4, -0.2) is 45.5 Å². The van der Waals surface area contributed by atoms with Crippen molar-refractivity contribution in [1.82, 2.24) is 9.71 Å². The Morgan fingerprint density at radius 3 is 2.67 bits per heavy atom. The molecule has 102 valence electrons. The Kier molecular flexibility index (Phi) is 6.81. The number of pyridine rings is 1. The first kappa shape index (κ1) is 15.0. The van der Waals surface area contributed by atoms with Gasteiger partial charge in [0, 0.05) is 25.5 Å². The summed E-state index contributed by atoms with van der Waals surface area (Å²) in [6.07, 6.45) is 3.77. The number of nitrogens with two attached hydrogens (primary N) is 1. The molecule has 0 saturated heterocycles. The number of rotatable bonds is 9. The van der Waals surface area contributed by atoms with Gasteiger partial charge in [0.15, 0.2) is 0 Å². The second kappa shape index (κ2) is 8.15. The van der Waals surface area contributed by atoms with Crippen molar-refractivity contribution in [3.8, 4) is 0 Å². The van der Waals surface area contributed by atoms with E-state index >= 15 is 0 Å². The molecule has 0 unspecified atom stereocenters. The van der Waals surface area contributed by atoms with Crippen molar-refractivity contribution in [2.24, 2.45) is 5.73 Å². The lowest BCUT2D eigenvalue weighted by molar-refractivity contribution is 0.147. The van der Waals surface area contributed by atoms with Gasteiger partial charge in [0.2, 0.25) is 10.0 Å². The Balaban J connectivity index is 2.23. The third kappa shape index (κ3) is 6.65. The minimum absolute atomic E-state index is 0.0634. The number of ether oxygens (including phenoxy) is 1. The van der Waals surface area contributed by atoms with E-state index in [1.54, 1.807) is 24.5 Å². The van der Waals surface area contributed by atoms with Crippen LogP contribution in [0.5, 0.6) is 0 Å². The molecule has 0 saturated carbocycles. The van der Waals surface area contributed by atoms with Crippen molar-refractivity contribution >= 4 is 10.0 Å². The molecule has 0 aliphatic rings. The monoisotopic (exact) mass is 273 g/mol. The van der Waals surface area contributed by atoms with E-state index in [-0.39, 0.29) is 12.3 Å². The molecule has 0 atom stereocenters. The van der Waals surface area contributed by atoms with Crippen LogP contribution in [-0.2, 0) is 21.2 Å². The van der Waals surface area contributed by atoms with Crippen LogP contribution >= 0.6 is 0 Å². The van der Waals surface area contributed by atoms with Crippen LogP contribution in [0.15, 0.2) is 24.5 Å². The Morgan fingerprint density at radius 2 is 2.00 bits per heavy atom. The normalized spacial score (nSPS) is 11.6. The molecule has 1 aromatic heterocycles. The summed E-state index contributed by atoms with van der Waals surface area (Å²) in [6.45, 7) is 1.50. The number of hydrogen-bond acceptors (Lipinski definition) is 5. The summed E-state index contributed by atoms with van der Waals surface area (Å²) in [5.41, 5.74) is 6.19. The maximum Gasteiger partial charge on any atom is 0.211 e. The van der Waals surface area contributed by atoms with Crippen molar-refractivity contribution in [3.05, 3.63) is 30.1 Å². The summed E-state index contributed by atoms with van der Waals surface area (Å²) < 4.78 is 30.8. The first-order valence-corrected chi connectivity index (χ1v) is 7.43. The van der Waals surface area contributed by atoms with E-state index < -0.39 is 10.0 Å². The summed E-state index contributed by atoms with van der Waals surface area (Å²) in [6, 6.07) is 3.61. The molecule has 0 aliphatic carbocycles. The van der Waals surface area contributed by atoms with E-state index in [0.29, 0.717) is 26.2 Å². The van der Waals surface area contributed by atoms with E-state index in [4.69, 9.17) is 10.5 Å². The molecular formula is C11H19N3O3S. The Hall–Kier alpha value is -1.02. The molecule has 18 heavy (non-hydrogen) atoms. The number of nitrogens with one attached hydrogen (secondary N) is 1. The van der Waals surface area contributed by atoms with Crippen LogP contribution in [0, 0.1) is 0 Å². The average molecular weight is 273 g/mol. The van der Waals surface area contributed by atoms with Gasteiger partial charge in [0.25, 0.3) is 0 Å². The number of hydrogen-bond donors (Lipinski definition) is 2. The van der Waals surface area contributed by atoms with E-state index in [9.17, 15) is 8.42 Å². The minimum atomic E-state index is -3.25. The molecule has 0 spiro atoms. The zero-order chi connectivity index (χ0) is 13.3. The molecule has 0 fully saturated rings. The first-order chi connectivity index (χ1) is 8.64. The lowest BCUT2D eigenvalue weighted by Gasteiger charge is -2.07. The largest absolute Gasteiger partial charge is 0.379 e.